The van der Waals surface area contributed by atoms with Crippen molar-refractivity contribution >= 4 is 11.8 Å². The predicted molar refractivity (Wildman–Crippen MR) is 80.4 cm³/mol. The molecule has 21 heavy (non-hydrogen) atoms. The van der Waals surface area contributed by atoms with Crippen LogP contribution in [-0.4, -0.2) is 30.4 Å². The number of piperidine rings is 1. The Labute approximate surface area is 126 Å². The highest BCUT2D eigenvalue weighted by atomic mass is 16.2. The summed E-state index contributed by atoms with van der Waals surface area (Å²) in [5, 5.41) is 6.42. The van der Waals surface area contributed by atoms with Crippen LogP contribution in [0.1, 0.15) is 57.8 Å². The molecule has 1 unspecified atom stereocenters. The normalized spacial score (nSPS) is 30.4. The third kappa shape index (κ3) is 2.80. The molecular formula is C16H27N3O2. The Kier molecular flexibility index (Phi) is 3.95. The molecule has 0 bridgehead atoms. The van der Waals surface area contributed by atoms with E-state index in [1.54, 1.807) is 0 Å². The minimum absolute atomic E-state index is 0.0672. The van der Waals surface area contributed by atoms with Crippen molar-refractivity contribution in [2.45, 2.75) is 63.3 Å². The van der Waals surface area contributed by atoms with Crippen molar-refractivity contribution in [3.8, 4) is 0 Å². The molecule has 0 aromatic carbocycles. The molecule has 0 aromatic rings. The summed E-state index contributed by atoms with van der Waals surface area (Å²) in [7, 11) is 0. The van der Waals surface area contributed by atoms with E-state index in [1.807, 2.05) is 0 Å². The van der Waals surface area contributed by atoms with Gasteiger partial charge in [0.2, 0.25) is 11.8 Å². The first-order valence-electron chi connectivity index (χ1n) is 8.41. The summed E-state index contributed by atoms with van der Waals surface area (Å²) in [6.07, 6.45) is 8.75. The van der Waals surface area contributed by atoms with Crippen LogP contribution in [0.15, 0.2) is 0 Å². The molecule has 1 aliphatic heterocycles. The van der Waals surface area contributed by atoms with E-state index in [9.17, 15) is 9.59 Å². The molecular weight excluding hydrogens is 266 g/mol. The lowest BCUT2D eigenvalue weighted by Gasteiger charge is -2.31. The molecule has 5 heteroatoms. The smallest absolute Gasteiger partial charge is 0.243 e. The second-order valence-corrected chi connectivity index (χ2v) is 7.22. The maximum Gasteiger partial charge on any atom is 0.243 e. The van der Waals surface area contributed by atoms with E-state index in [-0.39, 0.29) is 23.1 Å². The Morgan fingerprint density at radius 3 is 2.19 bits per heavy atom. The first-order chi connectivity index (χ1) is 10.1. The number of carbonyl (C=O) groups excluding carboxylic acids is 2. The van der Waals surface area contributed by atoms with Crippen LogP contribution in [0.2, 0.25) is 0 Å². The van der Waals surface area contributed by atoms with Gasteiger partial charge in [-0.2, -0.15) is 0 Å². The molecule has 2 saturated carbocycles. The van der Waals surface area contributed by atoms with Crippen LogP contribution in [-0.2, 0) is 9.59 Å². The van der Waals surface area contributed by atoms with E-state index in [0.717, 1.165) is 58.0 Å². The summed E-state index contributed by atoms with van der Waals surface area (Å²) in [4.78, 5) is 24.6. The maximum atomic E-state index is 12.6. The van der Waals surface area contributed by atoms with Crippen LogP contribution >= 0.6 is 0 Å². The average molecular weight is 293 g/mol. The van der Waals surface area contributed by atoms with Gasteiger partial charge >= 0.3 is 0 Å². The van der Waals surface area contributed by atoms with E-state index >= 15 is 0 Å². The molecule has 0 radical (unpaired) electrons. The molecule has 3 fully saturated rings. The number of rotatable bonds is 3. The molecule has 3 aliphatic rings. The number of nitrogens with two attached hydrogens (primary N) is 1. The monoisotopic (exact) mass is 293 g/mol. The van der Waals surface area contributed by atoms with E-state index < -0.39 is 5.54 Å². The zero-order valence-electron chi connectivity index (χ0n) is 12.7. The topological polar surface area (TPSA) is 84.2 Å². The summed E-state index contributed by atoms with van der Waals surface area (Å²) in [5.74, 6) is -0.186. The molecule has 118 valence electrons. The molecule has 1 spiro atoms. The fourth-order valence-corrected chi connectivity index (χ4v) is 4.28. The Hall–Kier alpha value is -1.10. The summed E-state index contributed by atoms with van der Waals surface area (Å²) >= 11 is 0. The second kappa shape index (κ2) is 5.59. The van der Waals surface area contributed by atoms with E-state index in [4.69, 9.17) is 5.73 Å². The first-order valence-corrected chi connectivity index (χ1v) is 8.41. The van der Waals surface area contributed by atoms with Crippen molar-refractivity contribution in [3.05, 3.63) is 0 Å². The van der Waals surface area contributed by atoms with E-state index in [2.05, 4.69) is 10.6 Å². The van der Waals surface area contributed by atoms with Crippen LogP contribution in [0.25, 0.3) is 0 Å². The minimum atomic E-state index is -0.787. The van der Waals surface area contributed by atoms with Crippen LogP contribution in [0.4, 0.5) is 0 Å². The average Bonchev–Trinajstić information content (AvgIpc) is 3.20. The zero-order valence-corrected chi connectivity index (χ0v) is 12.7. The number of hydrogen-bond acceptors (Lipinski definition) is 3. The lowest BCUT2D eigenvalue weighted by Crippen LogP contribution is -2.58. The molecule has 5 nitrogen and oxygen atoms in total. The summed E-state index contributed by atoms with van der Waals surface area (Å²) < 4.78 is 0. The Morgan fingerprint density at radius 2 is 1.62 bits per heavy atom. The molecule has 2 amide bonds. The second-order valence-electron chi connectivity index (χ2n) is 7.22. The van der Waals surface area contributed by atoms with Gasteiger partial charge in [-0.3, -0.25) is 9.59 Å². The zero-order chi connectivity index (χ0) is 14.9. The highest BCUT2D eigenvalue weighted by Gasteiger charge is 2.58. The molecule has 3 rings (SSSR count). The Bertz CT molecular complexity index is 421. The van der Waals surface area contributed by atoms with Gasteiger partial charge in [-0.1, -0.05) is 25.7 Å². The van der Waals surface area contributed by atoms with Crippen LogP contribution in [0.3, 0.4) is 0 Å². The molecule has 1 saturated heterocycles. The van der Waals surface area contributed by atoms with Crippen LogP contribution in [0.5, 0.6) is 0 Å². The molecule has 2 aliphatic carbocycles. The van der Waals surface area contributed by atoms with E-state index in [1.165, 1.54) is 0 Å². The van der Waals surface area contributed by atoms with Crippen molar-refractivity contribution in [2.24, 2.45) is 17.1 Å². The number of primary amides is 1. The first kappa shape index (κ1) is 14.8. The van der Waals surface area contributed by atoms with E-state index in [0.29, 0.717) is 12.8 Å². The van der Waals surface area contributed by atoms with Crippen molar-refractivity contribution in [2.75, 3.05) is 13.1 Å². The minimum Gasteiger partial charge on any atom is -0.368 e. The van der Waals surface area contributed by atoms with Crippen molar-refractivity contribution in [3.63, 3.8) is 0 Å². The van der Waals surface area contributed by atoms with Crippen LogP contribution < -0.4 is 16.4 Å². The van der Waals surface area contributed by atoms with Gasteiger partial charge in [0.25, 0.3) is 0 Å². The van der Waals surface area contributed by atoms with Crippen molar-refractivity contribution in [1.29, 1.82) is 0 Å². The fourth-order valence-electron chi connectivity index (χ4n) is 4.28. The predicted octanol–water partition coefficient (Wildman–Crippen LogP) is 1.07. The summed E-state index contributed by atoms with van der Waals surface area (Å²) in [5.41, 5.74) is 5.07. The standard InChI is InChI=1S/C16H27N3O2/c17-14(21)16(5-3-1-2-4-6-16)19-13(20)12-11-15(12)7-9-18-10-8-15/h12,18H,1-11H2,(H2,17,21)(H,19,20). The van der Waals surface area contributed by atoms with Gasteiger partial charge in [-0.05, 0) is 50.6 Å². The summed E-state index contributed by atoms with van der Waals surface area (Å²) in [6, 6.07) is 0. The van der Waals surface area contributed by atoms with Gasteiger partial charge in [0, 0.05) is 5.92 Å². The van der Waals surface area contributed by atoms with Crippen molar-refractivity contribution in [1.82, 2.24) is 10.6 Å². The molecule has 4 N–H and O–H groups in total. The lowest BCUT2D eigenvalue weighted by molar-refractivity contribution is -0.133. The van der Waals surface area contributed by atoms with Gasteiger partial charge in [-0.25, -0.2) is 0 Å². The quantitative estimate of drug-likeness (QED) is 0.681. The highest BCUT2D eigenvalue weighted by molar-refractivity contribution is 5.92. The number of carbonyl (C=O) groups is 2. The van der Waals surface area contributed by atoms with Gasteiger partial charge < -0.3 is 16.4 Å². The lowest BCUT2D eigenvalue weighted by atomic mass is 9.87. The molecule has 0 aromatic heterocycles. The SMILES string of the molecule is NC(=O)C1(NC(=O)C2CC23CCNCC3)CCCCCC1. The highest BCUT2D eigenvalue weighted by Crippen LogP contribution is 2.58. The largest absolute Gasteiger partial charge is 0.368 e. The van der Waals surface area contributed by atoms with Gasteiger partial charge in [0.1, 0.15) is 5.54 Å². The maximum absolute atomic E-state index is 12.6. The van der Waals surface area contributed by atoms with Gasteiger partial charge in [-0.15, -0.1) is 0 Å². The Morgan fingerprint density at radius 1 is 1.00 bits per heavy atom. The summed E-state index contributed by atoms with van der Waals surface area (Å²) in [6.45, 7) is 2.01. The number of nitrogens with one attached hydrogen (secondary N) is 2. The Balaban J connectivity index is 1.66. The number of hydrogen-bond donors (Lipinski definition) is 3. The third-order valence-corrected chi connectivity index (χ3v) is 5.90. The van der Waals surface area contributed by atoms with Gasteiger partial charge in [0.15, 0.2) is 0 Å². The third-order valence-electron chi connectivity index (χ3n) is 5.90. The van der Waals surface area contributed by atoms with Crippen molar-refractivity contribution < 1.29 is 9.59 Å². The fraction of sp³-hybridized carbons (Fsp3) is 0.875. The van der Waals surface area contributed by atoms with Gasteiger partial charge in [0.05, 0.1) is 0 Å². The number of amides is 2. The molecule has 1 heterocycles. The molecule has 1 atom stereocenters. The van der Waals surface area contributed by atoms with Crippen LogP contribution in [0, 0.1) is 11.3 Å².